The zero-order valence-corrected chi connectivity index (χ0v) is 21.2. The van der Waals surface area contributed by atoms with Gasteiger partial charge in [-0.3, -0.25) is 19.5 Å². The van der Waals surface area contributed by atoms with Gasteiger partial charge in [0, 0.05) is 56.3 Å². The van der Waals surface area contributed by atoms with E-state index in [1.165, 1.54) is 34.3 Å². The molecule has 0 unspecified atom stereocenters. The van der Waals surface area contributed by atoms with E-state index in [1.807, 2.05) is 0 Å². The Labute approximate surface area is 222 Å². The van der Waals surface area contributed by atoms with Crippen LogP contribution in [0, 0.1) is 11.6 Å². The number of nitrogens with zero attached hydrogens (tertiary/aromatic N) is 4. The molecule has 1 aromatic carbocycles. The molecule has 0 bridgehead atoms. The molecule has 208 valence electrons. The van der Waals surface area contributed by atoms with E-state index in [-0.39, 0.29) is 69.7 Å². The minimum atomic E-state index is -0.865. The van der Waals surface area contributed by atoms with Crippen LogP contribution in [0.15, 0.2) is 36.7 Å². The number of anilines is 2. The number of ether oxygens (including phenoxy) is 2. The lowest BCUT2D eigenvalue weighted by atomic mass is 10.2. The van der Waals surface area contributed by atoms with Gasteiger partial charge in [-0.25, -0.2) is 18.4 Å². The Morgan fingerprint density at radius 3 is 2.38 bits per heavy atom. The van der Waals surface area contributed by atoms with Crippen LogP contribution in [0.2, 0.25) is 0 Å². The van der Waals surface area contributed by atoms with E-state index in [9.17, 15) is 19.2 Å². The van der Waals surface area contributed by atoms with Gasteiger partial charge in [0.05, 0.1) is 31.9 Å². The van der Waals surface area contributed by atoms with Crippen LogP contribution in [0.1, 0.15) is 17.3 Å². The third-order valence-electron chi connectivity index (χ3n) is 6.23. The number of alkyl carbamates (subject to hydrolysis) is 1. The van der Waals surface area contributed by atoms with Crippen molar-refractivity contribution in [1.82, 2.24) is 20.5 Å². The number of hydrogen-bond donors (Lipinski definition) is 2. The molecule has 2 aromatic rings. The first kappa shape index (κ1) is 27.5. The summed E-state index contributed by atoms with van der Waals surface area (Å²) in [6, 6.07) is 5.16. The zero-order chi connectivity index (χ0) is 27.9. The molecule has 4 amide bonds. The van der Waals surface area contributed by atoms with Crippen molar-refractivity contribution in [2.24, 2.45) is 0 Å². The van der Waals surface area contributed by atoms with Gasteiger partial charge in [-0.2, -0.15) is 0 Å². The summed E-state index contributed by atoms with van der Waals surface area (Å²) in [6.07, 6.45) is 0.777. The first-order valence-corrected chi connectivity index (χ1v) is 12.4. The highest BCUT2D eigenvalue weighted by atomic mass is 19.1. The van der Waals surface area contributed by atoms with Gasteiger partial charge in [0.1, 0.15) is 11.8 Å². The predicted molar refractivity (Wildman–Crippen MR) is 134 cm³/mol. The minimum absolute atomic E-state index is 0.0120. The lowest BCUT2D eigenvalue weighted by Gasteiger charge is -2.36. The number of aromatic nitrogens is 1. The first-order chi connectivity index (χ1) is 18.8. The minimum Gasteiger partial charge on any atom is -0.450 e. The first-order valence-electron chi connectivity index (χ1n) is 12.4. The van der Waals surface area contributed by atoms with Gasteiger partial charge in [0.15, 0.2) is 11.6 Å². The summed E-state index contributed by atoms with van der Waals surface area (Å²) in [4.78, 5) is 56.3. The molecule has 0 spiro atoms. The summed E-state index contributed by atoms with van der Waals surface area (Å²) in [5.41, 5.74) is 0.101. The van der Waals surface area contributed by atoms with Gasteiger partial charge in [0.2, 0.25) is 5.91 Å². The number of cyclic esters (lactones) is 1. The molecule has 1 atom stereocenters. The maximum absolute atomic E-state index is 15.1. The van der Waals surface area contributed by atoms with E-state index in [0.717, 1.165) is 17.0 Å². The molecule has 12 nitrogen and oxygen atoms in total. The molecular weight excluding hydrogens is 518 g/mol. The summed E-state index contributed by atoms with van der Waals surface area (Å²) in [6.45, 7) is 2.36. The van der Waals surface area contributed by atoms with E-state index < -0.39 is 35.8 Å². The molecule has 1 aromatic heterocycles. The second-order valence-corrected chi connectivity index (χ2v) is 8.76. The molecule has 4 rings (SSSR count). The fraction of sp³-hybridized carbons (Fsp3) is 0.400. The standard InChI is InChI=1S/C25H28F2N6O6/c1-2-38-24(36)30-13-18-15-33(25(37)39-18)17-11-19(26)22(20(27)12-17)32-9-7-31(8-10-32)21(34)14-29-23(35)16-3-5-28-6-4-16/h3-6,11-12,18H,2,7-10,13-15H2,1H3,(H,29,35)(H,30,36)/t18-/m0/s1. The summed E-state index contributed by atoms with van der Waals surface area (Å²) in [5.74, 6) is -2.45. The maximum atomic E-state index is 15.1. The fourth-order valence-electron chi connectivity index (χ4n) is 4.28. The third kappa shape index (κ3) is 6.69. The van der Waals surface area contributed by atoms with E-state index in [0.29, 0.717) is 5.56 Å². The molecule has 2 N–H and O–H groups in total. The van der Waals surface area contributed by atoms with Crippen LogP contribution in [0.5, 0.6) is 0 Å². The van der Waals surface area contributed by atoms with Crippen molar-refractivity contribution in [2.45, 2.75) is 13.0 Å². The number of pyridine rings is 1. The zero-order valence-electron chi connectivity index (χ0n) is 21.2. The molecule has 0 aliphatic carbocycles. The van der Waals surface area contributed by atoms with E-state index in [2.05, 4.69) is 15.6 Å². The average Bonchev–Trinajstić information content (AvgIpc) is 3.31. The highest BCUT2D eigenvalue weighted by molar-refractivity contribution is 5.96. The van der Waals surface area contributed by atoms with Crippen molar-refractivity contribution >= 4 is 35.4 Å². The fourth-order valence-corrected chi connectivity index (χ4v) is 4.28. The number of hydrogen-bond acceptors (Lipinski definition) is 8. The number of piperazine rings is 1. The van der Waals surface area contributed by atoms with Crippen molar-refractivity contribution in [3.05, 3.63) is 53.9 Å². The topological polar surface area (TPSA) is 133 Å². The summed E-state index contributed by atoms with van der Waals surface area (Å²) in [5, 5.41) is 5.01. The maximum Gasteiger partial charge on any atom is 0.414 e. The van der Waals surface area contributed by atoms with Crippen LogP contribution >= 0.6 is 0 Å². The van der Waals surface area contributed by atoms with Gasteiger partial charge in [0.25, 0.3) is 5.91 Å². The number of carbonyl (C=O) groups is 4. The second-order valence-electron chi connectivity index (χ2n) is 8.76. The number of benzene rings is 1. The molecule has 3 heterocycles. The third-order valence-corrected chi connectivity index (χ3v) is 6.23. The van der Waals surface area contributed by atoms with Gasteiger partial charge in [-0.1, -0.05) is 0 Å². The van der Waals surface area contributed by atoms with Gasteiger partial charge in [-0.05, 0) is 19.1 Å². The quantitative estimate of drug-likeness (QED) is 0.509. The Bertz CT molecular complexity index is 1200. The number of carbonyl (C=O) groups excluding carboxylic acids is 4. The summed E-state index contributed by atoms with van der Waals surface area (Å²) in [7, 11) is 0. The lowest BCUT2D eigenvalue weighted by molar-refractivity contribution is -0.130. The van der Waals surface area contributed by atoms with Crippen molar-refractivity contribution < 1.29 is 37.4 Å². The van der Waals surface area contributed by atoms with Crippen LogP contribution in [0.3, 0.4) is 0 Å². The van der Waals surface area contributed by atoms with Crippen LogP contribution in [0.25, 0.3) is 0 Å². The summed E-state index contributed by atoms with van der Waals surface area (Å²) < 4.78 is 40.1. The molecule has 2 fully saturated rings. The van der Waals surface area contributed by atoms with Crippen molar-refractivity contribution in [1.29, 1.82) is 0 Å². The normalized spacial score (nSPS) is 17.1. The van der Waals surface area contributed by atoms with Crippen LogP contribution in [-0.2, 0) is 14.3 Å². The molecule has 0 saturated carbocycles. The largest absolute Gasteiger partial charge is 0.450 e. The van der Waals surface area contributed by atoms with Gasteiger partial charge >= 0.3 is 12.2 Å². The van der Waals surface area contributed by atoms with Crippen LogP contribution in [0.4, 0.5) is 29.7 Å². The smallest absolute Gasteiger partial charge is 0.414 e. The molecule has 2 aliphatic rings. The lowest BCUT2D eigenvalue weighted by Crippen LogP contribution is -2.51. The number of rotatable bonds is 8. The van der Waals surface area contributed by atoms with Crippen molar-refractivity contribution in [2.75, 3.05) is 62.2 Å². The van der Waals surface area contributed by atoms with Crippen molar-refractivity contribution in [3.63, 3.8) is 0 Å². The second kappa shape index (κ2) is 12.4. The highest BCUT2D eigenvalue weighted by Gasteiger charge is 2.34. The van der Waals surface area contributed by atoms with E-state index in [4.69, 9.17) is 9.47 Å². The van der Waals surface area contributed by atoms with Gasteiger partial charge < -0.3 is 29.9 Å². The van der Waals surface area contributed by atoms with Crippen LogP contribution in [-0.4, -0.2) is 92.4 Å². The Kier molecular flexibility index (Phi) is 8.74. The molecule has 39 heavy (non-hydrogen) atoms. The Hall–Kier alpha value is -4.49. The van der Waals surface area contributed by atoms with Crippen molar-refractivity contribution in [3.8, 4) is 0 Å². The van der Waals surface area contributed by atoms with E-state index in [1.54, 1.807) is 6.92 Å². The average molecular weight is 547 g/mol. The SMILES string of the molecule is CCOC(=O)NC[C@H]1CN(c2cc(F)c(N3CCN(C(=O)CNC(=O)c4ccncc4)CC3)c(F)c2)C(=O)O1. The van der Waals surface area contributed by atoms with Crippen LogP contribution < -0.4 is 20.4 Å². The molecule has 2 aliphatic heterocycles. The number of amides is 4. The van der Waals surface area contributed by atoms with Gasteiger partial charge in [-0.15, -0.1) is 0 Å². The monoisotopic (exact) mass is 546 g/mol. The Balaban J connectivity index is 1.31. The Morgan fingerprint density at radius 1 is 1.08 bits per heavy atom. The molecule has 2 saturated heterocycles. The summed E-state index contributed by atoms with van der Waals surface area (Å²) >= 11 is 0. The van der Waals surface area contributed by atoms with E-state index >= 15 is 8.78 Å². The Morgan fingerprint density at radius 2 is 1.74 bits per heavy atom. The number of nitrogens with one attached hydrogen (secondary N) is 2. The molecule has 0 radical (unpaired) electrons. The number of halogens is 2. The highest BCUT2D eigenvalue weighted by Crippen LogP contribution is 2.31. The molecular formula is C25H28F2N6O6. The predicted octanol–water partition coefficient (Wildman–Crippen LogP) is 1.51. The molecule has 14 heteroatoms.